The zero-order valence-corrected chi connectivity index (χ0v) is 7.62. The van der Waals surface area contributed by atoms with Crippen LogP contribution in [0.4, 0.5) is 0 Å². The van der Waals surface area contributed by atoms with Gasteiger partial charge in [0, 0.05) is 12.7 Å². The molecule has 2 nitrogen and oxygen atoms in total. The number of rotatable bonds is 1. The molecule has 0 aromatic carbocycles. The van der Waals surface area contributed by atoms with E-state index in [0.717, 1.165) is 10.9 Å². The lowest BCUT2D eigenvalue weighted by Crippen LogP contribution is -1.92. The van der Waals surface area contributed by atoms with Crippen molar-refractivity contribution in [2.24, 2.45) is 7.05 Å². The van der Waals surface area contributed by atoms with Crippen LogP contribution in [0.2, 0.25) is 0 Å². The van der Waals surface area contributed by atoms with E-state index in [1.54, 1.807) is 11.8 Å². The Morgan fingerprint density at radius 1 is 1.40 bits per heavy atom. The molecule has 0 unspecified atom stereocenters. The van der Waals surface area contributed by atoms with E-state index in [4.69, 9.17) is 0 Å². The number of hydrogen-bond acceptors (Lipinski definition) is 2. The molecule has 0 spiro atoms. The van der Waals surface area contributed by atoms with Crippen molar-refractivity contribution in [1.29, 1.82) is 0 Å². The normalized spacial score (nSPS) is 10.4. The lowest BCUT2D eigenvalue weighted by Gasteiger charge is -1.95. The molecule has 1 rings (SSSR count). The summed E-state index contributed by atoms with van der Waals surface area (Å²) in [5.74, 6) is 1.09. The molecular weight excluding hydrogens is 144 g/mol. The molecule has 0 radical (unpaired) electrons. The van der Waals surface area contributed by atoms with E-state index in [0.29, 0.717) is 0 Å². The van der Waals surface area contributed by atoms with Crippen LogP contribution < -0.4 is 0 Å². The number of aryl methyl sites for hydroxylation is 1. The average Bonchev–Trinajstić information content (AvgIpc) is 2.17. The molecule has 0 fully saturated rings. The Balaban J connectivity index is 3.17. The first-order chi connectivity index (χ1) is 4.66. The van der Waals surface area contributed by atoms with Crippen LogP contribution in [-0.4, -0.2) is 15.8 Å². The molecule has 1 aromatic rings. The van der Waals surface area contributed by atoms with Gasteiger partial charge in [0.05, 0.1) is 0 Å². The molecule has 0 aliphatic rings. The van der Waals surface area contributed by atoms with Crippen LogP contribution >= 0.6 is 11.8 Å². The molecule has 0 atom stereocenters. The zero-order valence-electron chi connectivity index (χ0n) is 6.80. The second-order valence-electron chi connectivity index (χ2n) is 2.31. The lowest BCUT2D eigenvalue weighted by molar-refractivity contribution is 0.825. The van der Waals surface area contributed by atoms with Gasteiger partial charge in [0.1, 0.15) is 10.9 Å². The van der Waals surface area contributed by atoms with Gasteiger partial charge in [-0.15, -0.1) is 11.8 Å². The van der Waals surface area contributed by atoms with E-state index < -0.39 is 0 Å². The summed E-state index contributed by atoms with van der Waals surface area (Å²) in [6.07, 6.45) is 2.05. The van der Waals surface area contributed by atoms with Crippen molar-refractivity contribution >= 4 is 11.8 Å². The van der Waals surface area contributed by atoms with Gasteiger partial charge in [-0.05, 0) is 20.1 Å². The Morgan fingerprint density at radius 3 is 2.20 bits per heavy atom. The maximum Gasteiger partial charge on any atom is 0.117 e. The first-order valence-corrected chi connectivity index (χ1v) is 4.43. The first-order valence-electron chi connectivity index (χ1n) is 3.20. The minimum absolute atomic E-state index is 1.09. The largest absolute Gasteiger partial charge is 0.334 e. The molecule has 10 heavy (non-hydrogen) atoms. The summed E-state index contributed by atoms with van der Waals surface area (Å²) in [5, 5.41) is 1.14. The molecule has 0 aliphatic heterocycles. The Kier molecular flexibility index (Phi) is 2.04. The van der Waals surface area contributed by atoms with E-state index >= 15 is 0 Å². The van der Waals surface area contributed by atoms with Crippen LogP contribution in [0.1, 0.15) is 11.5 Å². The summed E-state index contributed by atoms with van der Waals surface area (Å²) >= 11 is 1.70. The molecular formula is C7H12N2S. The van der Waals surface area contributed by atoms with Gasteiger partial charge in [-0.25, -0.2) is 4.98 Å². The van der Waals surface area contributed by atoms with E-state index in [2.05, 4.69) is 22.7 Å². The van der Waals surface area contributed by atoms with E-state index in [-0.39, 0.29) is 0 Å². The highest BCUT2D eigenvalue weighted by atomic mass is 32.2. The number of nitrogens with zero attached hydrogens (tertiary/aromatic N) is 2. The number of hydrogen-bond donors (Lipinski definition) is 0. The van der Waals surface area contributed by atoms with Crippen LogP contribution in [0.15, 0.2) is 5.03 Å². The van der Waals surface area contributed by atoms with Gasteiger partial charge < -0.3 is 4.57 Å². The highest BCUT2D eigenvalue weighted by Gasteiger charge is 2.04. The summed E-state index contributed by atoms with van der Waals surface area (Å²) in [7, 11) is 2.04. The second-order valence-corrected chi connectivity index (χ2v) is 3.11. The maximum atomic E-state index is 4.35. The first kappa shape index (κ1) is 7.66. The van der Waals surface area contributed by atoms with Crippen LogP contribution in [0.3, 0.4) is 0 Å². The van der Waals surface area contributed by atoms with Crippen LogP contribution in [-0.2, 0) is 7.05 Å². The fourth-order valence-corrected chi connectivity index (χ4v) is 1.54. The Bertz CT molecular complexity index is 240. The third-order valence-corrected chi connectivity index (χ3v) is 2.53. The topological polar surface area (TPSA) is 17.8 Å². The van der Waals surface area contributed by atoms with E-state index in [1.807, 2.05) is 14.0 Å². The molecule has 3 heteroatoms. The molecule has 0 saturated heterocycles. The van der Waals surface area contributed by atoms with Gasteiger partial charge in [-0.2, -0.15) is 0 Å². The maximum absolute atomic E-state index is 4.35. The van der Waals surface area contributed by atoms with Gasteiger partial charge in [0.25, 0.3) is 0 Å². The predicted octanol–water partition coefficient (Wildman–Crippen LogP) is 1.76. The molecule has 1 aromatic heterocycles. The predicted molar refractivity (Wildman–Crippen MR) is 44.5 cm³/mol. The van der Waals surface area contributed by atoms with Gasteiger partial charge in [-0.1, -0.05) is 0 Å². The van der Waals surface area contributed by atoms with Crippen LogP contribution in [0, 0.1) is 13.8 Å². The van der Waals surface area contributed by atoms with E-state index in [9.17, 15) is 0 Å². The van der Waals surface area contributed by atoms with Gasteiger partial charge in [-0.3, -0.25) is 0 Å². The lowest BCUT2D eigenvalue weighted by atomic mass is 10.5. The molecule has 0 amide bonds. The highest BCUT2D eigenvalue weighted by molar-refractivity contribution is 7.98. The summed E-state index contributed by atoms with van der Waals surface area (Å²) in [5.41, 5.74) is 1.25. The third-order valence-electron chi connectivity index (χ3n) is 1.75. The van der Waals surface area contributed by atoms with Crippen LogP contribution in [0.5, 0.6) is 0 Å². The van der Waals surface area contributed by atoms with Crippen molar-refractivity contribution in [3.8, 4) is 0 Å². The summed E-state index contributed by atoms with van der Waals surface area (Å²) in [6.45, 7) is 4.11. The molecule has 1 heterocycles. The fraction of sp³-hybridized carbons (Fsp3) is 0.571. The summed E-state index contributed by atoms with van der Waals surface area (Å²) in [6, 6.07) is 0. The van der Waals surface area contributed by atoms with Crippen molar-refractivity contribution in [3.05, 3.63) is 11.5 Å². The Morgan fingerprint density at radius 2 is 2.00 bits per heavy atom. The molecule has 0 saturated carbocycles. The van der Waals surface area contributed by atoms with Crippen molar-refractivity contribution in [2.75, 3.05) is 6.26 Å². The summed E-state index contributed by atoms with van der Waals surface area (Å²) < 4.78 is 2.10. The Hall–Kier alpha value is -0.440. The average molecular weight is 156 g/mol. The SMILES string of the molecule is CSc1nc(C)n(C)c1C. The van der Waals surface area contributed by atoms with E-state index in [1.165, 1.54) is 5.69 Å². The zero-order chi connectivity index (χ0) is 7.72. The van der Waals surface area contributed by atoms with Crippen LogP contribution in [0.25, 0.3) is 0 Å². The number of thioether (sulfide) groups is 1. The number of imidazole rings is 1. The quantitative estimate of drug-likeness (QED) is 0.577. The summed E-state index contributed by atoms with van der Waals surface area (Å²) in [4.78, 5) is 4.35. The van der Waals surface area contributed by atoms with Gasteiger partial charge >= 0.3 is 0 Å². The third kappa shape index (κ3) is 1.06. The minimum atomic E-state index is 1.09. The fourth-order valence-electron chi connectivity index (χ4n) is 0.882. The molecule has 0 N–H and O–H groups in total. The van der Waals surface area contributed by atoms with Crippen molar-refractivity contribution < 1.29 is 0 Å². The second kappa shape index (κ2) is 2.66. The molecule has 0 aliphatic carbocycles. The molecule has 0 bridgehead atoms. The highest BCUT2D eigenvalue weighted by Crippen LogP contribution is 2.18. The smallest absolute Gasteiger partial charge is 0.117 e. The van der Waals surface area contributed by atoms with Gasteiger partial charge in [0.15, 0.2) is 0 Å². The van der Waals surface area contributed by atoms with Crippen molar-refractivity contribution in [1.82, 2.24) is 9.55 Å². The molecule has 56 valence electrons. The van der Waals surface area contributed by atoms with Crippen molar-refractivity contribution in [2.45, 2.75) is 18.9 Å². The monoisotopic (exact) mass is 156 g/mol. The van der Waals surface area contributed by atoms with Gasteiger partial charge in [0.2, 0.25) is 0 Å². The Labute approximate surface area is 65.7 Å². The number of aromatic nitrogens is 2. The van der Waals surface area contributed by atoms with Crippen molar-refractivity contribution in [3.63, 3.8) is 0 Å². The standard InChI is InChI=1S/C7H12N2S/c1-5-7(10-4)8-6(2)9(5)3/h1-4H3. The minimum Gasteiger partial charge on any atom is -0.334 e.